The van der Waals surface area contributed by atoms with Crippen LogP contribution < -0.4 is 5.32 Å². The fraction of sp³-hybridized carbons (Fsp3) is 0.333. The van der Waals surface area contributed by atoms with Gasteiger partial charge in [0.2, 0.25) is 10.8 Å². The van der Waals surface area contributed by atoms with Crippen molar-refractivity contribution in [2.75, 3.05) is 7.11 Å². The Labute approximate surface area is 116 Å². The van der Waals surface area contributed by atoms with Crippen LogP contribution in [0.1, 0.15) is 5.56 Å². The Morgan fingerprint density at radius 1 is 1.35 bits per heavy atom. The van der Waals surface area contributed by atoms with Gasteiger partial charge >= 0.3 is 12.1 Å². The number of alkyl halides is 3. The van der Waals surface area contributed by atoms with Crippen molar-refractivity contribution in [3.63, 3.8) is 0 Å². The standard InChI is InChI=1S/C12H10F3NO3S/c1-19-10(18)8-9(17)16-11(20-8,12(13,14)15)7-5-3-2-4-6-7/h2-6,8H,1H3,(H,16,17). The Bertz CT molecular complexity index is 534. The van der Waals surface area contributed by atoms with Gasteiger partial charge in [0.15, 0.2) is 5.25 Å². The number of ether oxygens (including phenoxy) is 1. The fourth-order valence-corrected chi connectivity index (χ4v) is 3.15. The van der Waals surface area contributed by atoms with Crippen molar-refractivity contribution in [3.05, 3.63) is 35.9 Å². The van der Waals surface area contributed by atoms with Gasteiger partial charge in [-0.15, -0.1) is 0 Å². The minimum absolute atomic E-state index is 0.141. The quantitative estimate of drug-likeness (QED) is 0.669. The summed E-state index contributed by atoms with van der Waals surface area (Å²) in [6.45, 7) is 0. The summed E-state index contributed by atoms with van der Waals surface area (Å²) in [4.78, 5) is 20.4. The largest absolute Gasteiger partial charge is 0.468 e. The number of methoxy groups -OCH3 is 1. The van der Waals surface area contributed by atoms with Gasteiger partial charge in [-0.25, -0.2) is 0 Å². The summed E-state index contributed by atoms with van der Waals surface area (Å²) in [5.41, 5.74) is -0.141. The molecule has 1 aromatic carbocycles. The number of hydrogen-bond donors (Lipinski definition) is 1. The summed E-state index contributed by atoms with van der Waals surface area (Å²) in [5.74, 6) is -2.02. The van der Waals surface area contributed by atoms with Crippen molar-refractivity contribution in [1.29, 1.82) is 0 Å². The zero-order chi connectivity index (χ0) is 15.0. The first-order valence-electron chi connectivity index (χ1n) is 5.52. The second-order valence-corrected chi connectivity index (χ2v) is 5.37. The number of rotatable bonds is 2. The van der Waals surface area contributed by atoms with Crippen LogP contribution >= 0.6 is 11.8 Å². The summed E-state index contributed by atoms with van der Waals surface area (Å²) in [5, 5.41) is 0.347. The van der Waals surface area contributed by atoms with Crippen LogP contribution in [0.5, 0.6) is 0 Å². The predicted octanol–water partition coefficient (Wildman–Crippen LogP) is 1.81. The number of carbonyl (C=O) groups is 2. The lowest BCUT2D eigenvalue weighted by molar-refractivity contribution is -0.172. The number of halogens is 3. The van der Waals surface area contributed by atoms with Crippen LogP contribution in [0.25, 0.3) is 0 Å². The number of amides is 1. The maximum absolute atomic E-state index is 13.4. The first kappa shape index (κ1) is 14.7. The molecule has 0 aromatic heterocycles. The van der Waals surface area contributed by atoms with E-state index < -0.39 is 28.2 Å². The number of nitrogens with one attached hydrogen (secondary N) is 1. The molecule has 20 heavy (non-hydrogen) atoms. The first-order chi connectivity index (χ1) is 9.32. The average Bonchev–Trinajstić information content (AvgIpc) is 2.77. The molecule has 2 rings (SSSR count). The van der Waals surface area contributed by atoms with E-state index in [2.05, 4.69) is 4.74 Å². The Balaban J connectivity index is 2.48. The van der Waals surface area contributed by atoms with Crippen molar-refractivity contribution in [2.24, 2.45) is 0 Å². The summed E-state index contributed by atoms with van der Waals surface area (Å²) in [7, 11) is 1.02. The van der Waals surface area contributed by atoms with Crippen molar-refractivity contribution in [2.45, 2.75) is 16.3 Å². The molecule has 1 aliphatic rings. The van der Waals surface area contributed by atoms with Gasteiger partial charge in [0.1, 0.15) is 0 Å². The molecule has 2 unspecified atom stereocenters. The van der Waals surface area contributed by atoms with E-state index in [4.69, 9.17) is 0 Å². The molecular weight excluding hydrogens is 295 g/mol. The zero-order valence-corrected chi connectivity index (χ0v) is 11.0. The van der Waals surface area contributed by atoms with E-state index in [0.717, 1.165) is 7.11 Å². The van der Waals surface area contributed by atoms with E-state index in [-0.39, 0.29) is 17.3 Å². The normalized spacial score (nSPS) is 26.2. The molecule has 1 aromatic rings. The summed E-state index contributed by atoms with van der Waals surface area (Å²) in [6, 6.07) is 6.93. The lowest BCUT2D eigenvalue weighted by atomic mass is 10.1. The second kappa shape index (κ2) is 5.01. The van der Waals surface area contributed by atoms with E-state index in [1.54, 1.807) is 6.07 Å². The van der Waals surface area contributed by atoms with Gasteiger partial charge in [0, 0.05) is 0 Å². The van der Waals surface area contributed by atoms with Gasteiger partial charge in [0.05, 0.1) is 7.11 Å². The summed E-state index contributed by atoms with van der Waals surface area (Å²) in [6.07, 6.45) is -4.75. The van der Waals surface area contributed by atoms with E-state index >= 15 is 0 Å². The molecule has 4 nitrogen and oxygen atoms in total. The molecule has 2 atom stereocenters. The summed E-state index contributed by atoms with van der Waals surface area (Å²) < 4.78 is 44.6. The zero-order valence-electron chi connectivity index (χ0n) is 10.2. The highest BCUT2D eigenvalue weighted by molar-refractivity contribution is 8.02. The molecule has 8 heteroatoms. The lowest BCUT2D eigenvalue weighted by Gasteiger charge is -2.31. The number of hydrogen-bond acceptors (Lipinski definition) is 4. The first-order valence-corrected chi connectivity index (χ1v) is 6.40. The maximum atomic E-state index is 13.4. The fourth-order valence-electron chi connectivity index (χ4n) is 1.88. The SMILES string of the molecule is COC(=O)C1SC(c2ccccc2)(C(F)(F)F)NC1=O. The number of esters is 1. The Hall–Kier alpha value is -1.70. The number of benzene rings is 1. The van der Waals surface area contributed by atoms with E-state index in [0.29, 0.717) is 0 Å². The Morgan fingerprint density at radius 3 is 2.45 bits per heavy atom. The molecule has 1 heterocycles. The molecular formula is C12H10F3NO3S. The predicted molar refractivity (Wildman–Crippen MR) is 65.7 cm³/mol. The van der Waals surface area contributed by atoms with Crippen LogP contribution in [0.4, 0.5) is 13.2 Å². The van der Waals surface area contributed by atoms with E-state index in [1.165, 1.54) is 24.3 Å². The van der Waals surface area contributed by atoms with Crippen LogP contribution in [0.2, 0.25) is 0 Å². The third kappa shape index (κ3) is 2.24. The molecule has 0 spiro atoms. The summed E-state index contributed by atoms with van der Waals surface area (Å²) >= 11 is 0.199. The van der Waals surface area contributed by atoms with Crippen LogP contribution in [0.15, 0.2) is 30.3 Å². The molecule has 1 N–H and O–H groups in total. The van der Waals surface area contributed by atoms with Crippen molar-refractivity contribution < 1.29 is 27.5 Å². The smallest absolute Gasteiger partial charge is 0.425 e. The van der Waals surface area contributed by atoms with Crippen LogP contribution in [0.3, 0.4) is 0 Å². The Kier molecular flexibility index (Phi) is 3.68. The van der Waals surface area contributed by atoms with Crippen molar-refractivity contribution in [3.8, 4) is 0 Å². The second-order valence-electron chi connectivity index (χ2n) is 4.06. The van der Waals surface area contributed by atoms with Crippen molar-refractivity contribution in [1.82, 2.24) is 5.32 Å². The van der Waals surface area contributed by atoms with Gasteiger partial charge in [-0.3, -0.25) is 9.59 Å². The molecule has 1 amide bonds. The number of thioether (sulfide) groups is 1. The molecule has 0 aliphatic carbocycles. The monoisotopic (exact) mass is 305 g/mol. The highest BCUT2D eigenvalue weighted by Crippen LogP contribution is 2.52. The highest BCUT2D eigenvalue weighted by atomic mass is 32.2. The molecule has 0 saturated carbocycles. The minimum Gasteiger partial charge on any atom is -0.468 e. The van der Waals surface area contributed by atoms with E-state index in [1.807, 2.05) is 5.32 Å². The molecule has 1 saturated heterocycles. The molecule has 108 valence electrons. The van der Waals surface area contributed by atoms with Gasteiger partial charge in [-0.1, -0.05) is 42.1 Å². The molecule has 1 aliphatic heterocycles. The third-order valence-electron chi connectivity index (χ3n) is 2.83. The lowest BCUT2D eigenvalue weighted by Crippen LogP contribution is -2.49. The Morgan fingerprint density at radius 2 is 1.95 bits per heavy atom. The van der Waals surface area contributed by atoms with Gasteiger partial charge in [-0.05, 0) is 5.56 Å². The maximum Gasteiger partial charge on any atom is 0.425 e. The molecule has 0 bridgehead atoms. The van der Waals surface area contributed by atoms with Crippen LogP contribution in [0, 0.1) is 0 Å². The number of carbonyl (C=O) groups excluding carboxylic acids is 2. The van der Waals surface area contributed by atoms with Crippen molar-refractivity contribution >= 4 is 23.6 Å². The third-order valence-corrected chi connectivity index (χ3v) is 4.39. The van der Waals surface area contributed by atoms with Gasteiger partial charge in [0.25, 0.3) is 0 Å². The van der Waals surface area contributed by atoms with Gasteiger partial charge in [-0.2, -0.15) is 13.2 Å². The van der Waals surface area contributed by atoms with Crippen LogP contribution in [-0.4, -0.2) is 30.4 Å². The topological polar surface area (TPSA) is 55.4 Å². The van der Waals surface area contributed by atoms with Crippen LogP contribution in [-0.2, 0) is 19.2 Å². The highest BCUT2D eigenvalue weighted by Gasteiger charge is 2.64. The van der Waals surface area contributed by atoms with E-state index in [9.17, 15) is 22.8 Å². The average molecular weight is 305 g/mol. The molecule has 0 radical (unpaired) electrons. The minimum atomic E-state index is -4.75. The molecule has 1 fully saturated rings. The van der Waals surface area contributed by atoms with Gasteiger partial charge < -0.3 is 10.1 Å².